The van der Waals surface area contributed by atoms with Crippen molar-refractivity contribution in [3.63, 3.8) is 0 Å². The lowest BCUT2D eigenvalue weighted by molar-refractivity contribution is -0.112. The van der Waals surface area contributed by atoms with Crippen molar-refractivity contribution in [3.05, 3.63) is 100 Å². The highest BCUT2D eigenvalue weighted by atomic mass is 19.1. The van der Waals surface area contributed by atoms with Gasteiger partial charge in [0.15, 0.2) is 0 Å². The molecule has 0 aliphatic rings. The zero-order chi connectivity index (χ0) is 22.2. The third-order valence-corrected chi connectivity index (χ3v) is 4.66. The third kappa shape index (κ3) is 6.03. The molecular weight excluding hydrogens is 391 g/mol. The van der Waals surface area contributed by atoms with Crippen LogP contribution < -0.4 is 10.1 Å². The first-order valence-corrected chi connectivity index (χ1v) is 9.98. The predicted molar refractivity (Wildman–Crippen MR) is 120 cm³/mol. The molecule has 0 radical (unpaired) electrons. The number of hydrogen-bond acceptors (Lipinski definition) is 3. The molecule has 0 atom stereocenters. The SMILES string of the molecule is CCOc1cc(/C=C(\C#N)C(=O)Nc2ccc(C)cc2)ccc1Cc1cccc(F)c1. The fourth-order valence-corrected chi connectivity index (χ4v) is 3.11. The van der Waals surface area contributed by atoms with Crippen LogP contribution in [0.15, 0.2) is 72.3 Å². The van der Waals surface area contributed by atoms with Gasteiger partial charge in [0.05, 0.1) is 6.61 Å². The number of benzene rings is 3. The number of rotatable bonds is 7. The maximum absolute atomic E-state index is 13.5. The number of amides is 1. The number of hydrogen-bond donors (Lipinski definition) is 1. The lowest BCUT2D eigenvalue weighted by Crippen LogP contribution is -2.13. The largest absolute Gasteiger partial charge is 0.494 e. The van der Waals surface area contributed by atoms with Gasteiger partial charge in [-0.3, -0.25) is 4.79 Å². The lowest BCUT2D eigenvalue weighted by Gasteiger charge is -2.12. The summed E-state index contributed by atoms with van der Waals surface area (Å²) >= 11 is 0. The number of halogens is 1. The highest BCUT2D eigenvalue weighted by Crippen LogP contribution is 2.25. The third-order valence-electron chi connectivity index (χ3n) is 4.66. The van der Waals surface area contributed by atoms with Crippen LogP contribution in [0.3, 0.4) is 0 Å². The van der Waals surface area contributed by atoms with E-state index in [2.05, 4.69) is 5.32 Å². The summed E-state index contributed by atoms with van der Waals surface area (Å²) in [5, 5.41) is 12.2. The van der Waals surface area contributed by atoms with Crippen LogP contribution in [0.1, 0.15) is 29.2 Å². The van der Waals surface area contributed by atoms with Crippen molar-refractivity contribution in [2.45, 2.75) is 20.3 Å². The topological polar surface area (TPSA) is 62.1 Å². The van der Waals surface area contributed by atoms with Gasteiger partial charge in [0.1, 0.15) is 23.2 Å². The molecule has 0 saturated heterocycles. The molecule has 4 nitrogen and oxygen atoms in total. The second-order valence-electron chi connectivity index (χ2n) is 7.10. The fourth-order valence-electron chi connectivity index (χ4n) is 3.11. The number of aryl methyl sites for hydroxylation is 1. The van der Waals surface area contributed by atoms with Crippen LogP contribution in [0, 0.1) is 24.1 Å². The van der Waals surface area contributed by atoms with Crippen molar-refractivity contribution >= 4 is 17.7 Å². The van der Waals surface area contributed by atoms with Gasteiger partial charge in [-0.15, -0.1) is 0 Å². The minimum absolute atomic E-state index is 0.0131. The van der Waals surface area contributed by atoms with E-state index >= 15 is 0 Å². The highest BCUT2D eigenvalue weighted by Gasteiger charge is 2.11. The average Bonchev–Trinajstić information content (AvgIpc) is 2.75. The molecule has 0 saturated carbocycles. The number of carbonyl (C=O) groups is 1. The van der Waals surface area contributed by atoms with Gasteiger partial charge in [0.2, 0.25) is 0 Å². The molecular formula is C26H23FN2O2. The Balaban J connectivity index is 1.83. The summed E-state index contributed by atoms with van der Waals surface area (Å²) in [4.78, 5) is 12.5. The average molecular weight is 414 g/mol. The summed E-state index contributed by atoms with van der Waals surface area (Å²) in [6.07, 6.45) is 2.04. The normalized spacial score (nSPS) is 11.0. The van der Waals surface area contributed by atoms with Crippen LogP contribution >= 0.6 is 0 Å². The first kappa shape index (κ1) is 21.8. The monoisotopic (exact) mass is 414 g/mol. The molecule has 0 unspecified atom stereocenters. The molecule has 156 valence electrons. The van der Waals surface area contributed by atoms with Crippen LogP contribution in [0.25, 0.3) is 6.08 Å². The van der Waals surface area contributed by atoms with Gasteiger partial charge in [-0.1, -0.05) is 42.0 Å². The van der Waals surface area contributed by atoms with E-state index in [1.54, 1.807) is 24.3 Å². The van der Waals surface area contributed by atoms with Crippen LogP contribution in [-0.4, -0.2) is 12.5 Å². The fraction of sp³-hybridized carbons (Fsp3) is 0.154. The van der Waals surface area contributed by atoms with Crippen LogP contribution in [0.4, 0.5) is 10.1 Å². The lowest BCUT2D eigenvalue weighted by atomic mass is 10.0. The molecule has 0 fully saturated rings. The summed E-state index contributed by atoms with van der Waals surface area (Å²) in [5.74, 6) is -0.127. The van der Waals surface area contributed by atoms with Gasteiger partial charge in [0.25, 0.3) is 5.91 Å². The molecule has 31 heavy (non-hydrogen) atoms. The minimum atomic E-state index is -0.479. The molecule has 0 aromatic heterocycles. The van der Waals surface area contributed by atoms with Gasteiger partial charge in [-0.25, -0.2) is 4.39 Å². The Morgan fingerprint density at radius 1 is 1.13 bits per heavy atom. The Morgan fingerprint density at radius 3 is 2.58 bits per heavy atom. The predicted octanol–water partition coefficient (Wildman–Crippen LogP) is 5.67. The highest BCUT2D eigenvalue weighted by molar-refractivity contribution is 6.09. The Hall–Kier alpha value is -3.91. The van der Waals surface area contributed by atoms with Crippen molar-refractivity contribution in [2.75, 3.05) is 11.9 Å². The summed E-state index contributed by atoms with van der Waals surface area (Å²) < 4.78 is 19.3. The van der Waals surface area contributed by atoms with Crippen molar-refractivity contribution in [2.24, 2.45) is 0 Å². The molecule has 5 heteroatoms. The van der Waals surface area contributed by atoms with Crippen molar-refractivity contribution in [1.29, 1.82) is 5.26 Å². The first-order chi connectivity index (χ1) is 15.0. The number of ether oxygens (including phenoxy) is 1. The zero-order valence-electron chi connectivity index (χ0n) is 17.5. The van der Waals surface area contributed by atoms with Gasteiger partial charge in [0, 0.05) is 12.1 Å². The summed E-state index contributed by atoms with van der Waals surface area (Å²) in [7, 11) is 0. The number of nitrogens with one attached hydrogen (secondary N) is 1. The Labute approximate surface area is 181 Å². The number of nitrogens with zero attached hydrogens (tertiary/aromatic N) is 1. The van der Waals surface area contributed by atoms with Crippen LogP contribution in [0.5, 0.6) is 5.75 Å². The molecule has 1 amide bonds. The molecule has 0 bridgehead atoms. The quantitative estimate of drug-likeness (QED) is 0.400. The van der Waals surface area contributed by atoms with E-state index in [1.165, 1.54) is 18.2 Å². The number of anilines is 1. The minimum Gasteiger partial charge on any atom is -0.494 e. The van der Waals surface area contributed by atoms with E-state index < -0.39 is 5.91 Å². The van der Waals surface area contributed by atoms with E-state index in [4.69, 9.17) is 4.74 Å². The van der Waals surface area contributed by atoms with Gasteiger partial charge in [-0.05, 0) is 66.9 Å². The van der Waals surface area contributed by atoms with E-state index in [9.17, 15) is 14.4 Å². The first-order valence-electron chi connectivity index (χ1n) is 9.98. The molecule has 0 spiro atoms. The molecule has 0 aliphatic heterocycles. The standard InChI is InChI=1S/C26H23FN2O2/c1-3-31-25-16-20(9-10-21(25)13-19-5-4-6-23(27)15-19)14-22(17-28)26(30)29-24-11-7-18(2)8-12-24/h4-12,14-16H,3,13H2,1-2H3,(H,29,30)/b22-14+. The smallest absolute Gasteiger partial charge is 0.266 e. The van der Waals surface area contributed by atoms with Gasteiger partial charge >= 0.3 is 0 Å². The molecule has 1 N–H and O–H groups in total. The molecule has 3 aromatic rings. The van der Waals surface area contributed by atoms with Gasteiger partial charge < -0.3 is 10.1 Å². The van der Waals surface area contributed by atoms with Crippen molar-refractivity contribution in [1.82, 2.24) is 0 Å². The second-order valence-corrected chi connectivity index (χ2v) is 7.10. The second kappa shape index (κ2) is 10.2. The summed E-state index contributed by atoms with van der Waals surface area (Å²) in [5.41, 5.74) is 4.09. The van der Waals surface area contributed by atoms with Crippen molar-refractivity contribution < 1.29 is 13.9 Å². The van der Waals surface area contributed by atoms with E-state index in [-0.39, 0.29) is 11.4 Å². The van der Waals surface area contributed by atoms with E-state index in [1.807, 2.05) is 50.2 Å². The van der Waals surface area contributed by atoms with Crippen LogP contribution in [0.2, 0.25) is 0 Å². The maximum atomic E-state index is 13.5. The summed E-state index contributed by atoms with van der Waals surface area (Å²) in [6.45, 7) is 4.30. The molecule has 3 aromatic carbocycles. The molecule has 3 rings (SSSR count). The Kier molecular flexibility index (Phi) is 7.18. The molecule has 0 aliphatic carbocycles. The number of carbonyl (C=O) groups excluding carboxylic acids is 1. The van der Waals surface area contributed by atoms with Gasteiger partial charge in [-0.2, -0.15) is 5.26 Å². The zero-order valence-corrected chi connectivity index (χ0v) is 17.5. The van der Waals surface area contributed by atoms with E-state index in [0.29, 0.717) is 30.0 Å². The van der Waals surface area contributed by atoms with Crippen molar-refractivity contribution in [3.8, 4) is 11.8 Å². The Morgan fingerprint density at radius 2 is 1.90 bits per heavy atom. The van der Waals surface area contributed by atoms with E-state index in [0.717, 1.165) is 16.7 Å². The summed E-state index contributed by atoms with van der Waals surface area (Å²) in [6, 6.07) is 21.2. The Bertz CT molecular complexity index is 1140. The molecule has 0 heterocycles. The van der Waals surface area contributed by atoms with Crippen LogP contribution in [-0.2, 0) is 11.2 Å². The maximum Gasteiger partial charge on any atom is 0.266 e. The number of nitriles is 1.